The maximum atomic E-state index is 11.0. The fourth-order valence-corrected chi connectivity index (χ4v) is 2.77. The molecule has 1 aliphatic rings. The van der Waals surface area contributed by atoms with Gasteiger partial charge in [0.2, 0.25) is 0 Å². The Hall–Kier alpha value is -1.00. The van der Waals surface area contributed by atoms with Gasteiger partial charge in [0, 0.05) is 12.6 Å². The normalized spacial score (nSPS) is 16.8. The molecule has 1 aliphatic carbocycles. The third-order valence-electron chi connectivity index (χ3n) is 4.05. The number of hydrogen-bond acceptors (Lipinski definition) is 3. The molecule has 0 unspecified atom stereocenters. The van der Waals surface area contributed by atoms with Crippen LogP contribution < -0.4 is 5.32 Å². The second kappa shape index (κ2) is 5.55. The van der Waals surface area contributed by atoms with E-state index < -0.39 is 4.92 Å². The van der Waals surface area contributed by atoms with Gasteiger partial charge in [-0.1, -0.05) is 36.5 Å². The maximum absolute atomic E-state index is 11.0. The van der Waals surface area contributed by atoms with Crippen molar-refractivity contribution in [2.45, 2.75) is 32.6 Å². The van der Waals surface area contributed by atoms with Crippen LogP contribution in [0.2, 0.25) is 10.0 Å². The van der Waals surface area contributed by atoms with Crippen LogP contribution in [0.3, 0.4) is 0 Å². The zero-order valence-corrected chi connectivity index (χ0v) is 12.2. The van der Waals surface area contributed by atoms with Crippen molar-refractivity contribution in [3.63, 3.8) is 0 Å². The minimum absolute atomic E-state index is 0.0278. The molecule has 0 amide bonds. The van der Waals surface area contributed by atoms with Crippen LogP contribution in [0.5, 0.6) is 0 Å². The number of nitro benzene ring substituents is 1. The number of benzene rings is 1. The van der Waals surface area contributed by atoms with E-state index in [0.29, 0.717) is 10.7 Å². The lowest BCUT2D eigenvalue weighted by atomic mass is 9.67. The van der Waals surface area contributed by atoms with Crippen LogP contribution in [0.15, 0.2) is 12.1 Å². The quantitative estimate of drug-likeness (QED) is 0.622. The Morgan fingerprint density at radius 1 is 1.37 bits per heavy atom. The van der Waals surface area contributed by atoms with E-state index in [4.69, 9.17) is 23.2 Å². The Labute approximate surface area is 122 Å². The topological polar surface area (TPSA) is 55.2 Å². The van der Waals surface area contributed by atoms with Gasteiger partial charge in [0.25, 0.3) is 5.69 Å². The molecule has 0 spiro atoms. The van der Waals surface area contributed by atoms with Crippen molar-refractivity contribution in [3.8, 4) is 0 Å². The zero-order chi connectivity index (χ0) is 14.0. The Morgan fingerprint density at radius 3 is 2.47 bits per heavy atom. The van der Waals surface area contributed by atoms with E-state index in [9.17, 15) is 10.1 Å². The summed E-state index contributed by atoms with van der Waals surface area (Å²) in [6.45, 7) is 2.90. The van der Waals surface area contributed by atoms with Crippen LogP contribution in [0.1, 0.15) is 32.6 Å². The highest BCUT2D eigenvalue weighted by Crippen LogP contribution is 2.44. The maximum Gasteiger partial charge on any atom is 0.293 e. The second-order valence-corrected chi connectivity index (χ2v) is 5.92. The molecule has 1 fully saturated rings. The lowest BCUT2D eigenvalue weighted by Gasteiger charge is -2.41. The molecule has 1 aromatic carbocycles. The van der Waals surface area contributed by atoms with Gasteiger partial charge in [-0.05, 0) is 30.7 Å². The molecule has 1 aromatic rings. The first-order chi connectivity index (χ1) is 8.97. The third kappa shape index (κ3) is 2.95. The molecule has 0 atom stereocenters. The van der Waals surface area contributed by atoms with Gasteiger partial charge in [-0.2, -0.15) is 0 Å². The summed E-state index contributed by atoms with van der Waals surface area (Å²) >= 11 is 11.7. The number of anilines is 1. The number of nitrogens with zero attached hydrogens (tertiary/aromatic N) is 1. The lowest BCUT2D eigenvalue weighted by molar-refractivity contribution is -0.384. The first-order valence-corrected chi connectivity index (χ1v) is 7.10. The number of hydrogen-bond donors (Lipinski definition) is 1. The summed E-state index contributed by atoms with van der Waals surface area (Å²) in [4.78, 5) is 10.6. The highest BCUT2D eigenvalue weighted by atomic mass is 35.5. The fourth-order valence-electron chi connectivity index (χ4n) is 2.44. The highest BCUT2D eigenvalue weighted by Gasteiger charge is 2.35. The average Bonchev–Trinajstić information content (AvgIpc) is 2.32. The molecule has 0 heterocycles. The molecule has 0 radical (unpaired) electrons. The molecule has 0 aromatic heterocycles. The Morgan fingerprint density at radius 2 is 2.00 bits per heavy atom. The number of nitro groups is 1. The van der Waals surface area contributed by atoms with Crippen LogP contribution >= 0.6 is 23.2 Å². The van der Waals surface area contributed by atoms with Gasteiger partial charge in [-0.3, -0.25) is 10.1 Å². The minimum Gasteiger partial charge on any atom is -0.379 e. The van der Waals surface area contributed by atoms with Gasteiger partial charge < -0.3 is 5.32 Å². The van der Waals surface area contributed by atoms with Gasteiger partial charge in [-0.15, -0.1) is 0 Å². The highest BCUT2D eigenvalue weighted by molar-refractivity contribution is 6.42. The molecule has 1 N–H and O–H groups in total. The molecule has 4 nitrogen and oxygen atoms in total. The summed E-state index contributed by atoms with van der Waals surface area (Å²) < 4.78 is 0. The lowest BCUT2D eigenvalue weighted by Crippen LogP contribution is -2.35. The van der Waals surface area contributed by atoms with Crippen LogP contribution in [0.4, 0.5) is 11.4 Å². The summed E-state index contributed by atoms with van der Waals surface area (Å²) in [7, 11) is 0. The van der Waals surface area contributed by atoms with Gasteiger partial charge in [0.1, 0.15) is 5.69 Å². The van der Waals surface area contributed by atoms with Gasteiger partial charge in [0.15, 0.2) is 0 Å². The van der Waals surface area contributed by atoms with E-state index in [1.807, 2.05) is 0 Å². The van der Waals surface area contributed by atoms with Crippen molar-refractivity contribution >= 4 is 34.6 Å². The summed E-state index contributed by atoms with van der Waals surface area (Å²) in [6.07, 6.45) is 4.66. The zero-order valence-electron chi connectivity index (χ0n) is 10.7. The molecular weight excluding hydrogens is 287 g/mol. The van der Waals surface area contributed by atoms with Crippen molar-refractivity contribution in [1.82, 2.24) is 0 Å². The number of nitrogens with one attached hydrogen (secondary N) is 1. The van der Waals surface area contributed by atoms with Crippen molar-refractivity contribution in [1.29, 1.82) is 0 Å². The van der Waals surface area contributed by atoms with E-state index >= 15 is 0 Å². The minimum atomic E-state index is -0.441. The predicted molar refractivity (Wildman–Crippen MR) is 78.2 cm³/mol. The molecule has 0 aliphatic heterocycles. The van der Waals surface area contributed by atoms with Crippen LogP contribution in [-0.4, -0.2) is 11.5 Å². The molecule has 104 valence electrons. The SMILES string of the molecule is CCC1(CNc2cc(Cl)c(Cl)cc2[N+](=O)[O-])CCC1. The second-order valence-electron chi connectivity index (χ2n) is 5.10. The number of rotatable bonds is 5. The Balaban J connectivity index is 2.19. The smallest absolute Gasteiger partial charge is 0.293 e. The Bertz CT molecular complexity index is 496. The molecular formula is C13H16Cl2N2O2. The van der Waals surface area contributed by atoms with Crippen LogP contribution in [-0.2, 0) is 0 Å². The summed E-state index contributed by atoms with van der Waals surface area (Å²) in [5, 5.41) is 14.7. The molecule has 6 heteroatoms. The van der Waals surface area contributed by atoms with Crippen molar-refractivity contribution in [2.24, 2.45) is 5.41 Å². The monoisotopic (exact) mass is 302 g/mol. The van der Waals surface area contributed by atoms with Crippen LogP contribution in [0, 0.1) is 15.5 Å². The molecule has 19 heavy (non-hydrogen) atoms. The van der Waals surface area contributed by atoms with Gasteiger partial charge >= 0.3 is 0 Å². The third-order valence-corrected chi connectivity index (χ3v) is 4.78. The van der Waals surface area contributed by atoms with Crippen LogP contribution in [0.25, 0.3) is 0 Å². The van der Waals surface area contributed by atoms with Crippen molar-refractivity contribution in [2.75, 3.05) is 11.9 Å². The van der Waals surface area contributed by atoms with Crippen molar-refractivity contribution in [3.05, 3.63) is 32.3 Å². The molecule has 0 bridgehead atoms. The summed E-state index contributed by atoms with van der Waals surface area (Å²) in [5.74, 6) is 0. The molecule has 2 rings (SSSR count). The summed E-state index contributed by atoms with van der Waals surface area (Å²) in [6, 6.07) is 2.83. The van der Waals surface area contributed by atoms with E-state index in [-0.39, 0.29) is 16.1 Å². The molecule has 0 saturated heterocycles. The van der Waals surface area contributed by atoms with Gasteiger partial charge in [0.05, 0.1) is 15.0 Å². The standard InChI is InChI=1S/C13H16Cl2N2O2/c1-2-13(4-3-5-13)8-16-11-6-9(14)10(15)7-12(11)17(18)19/h6-7,16H,2-5,8H2,1H3. The number of halogens is 2. The predicted octanol–water partition coefficient (Wildman–Crippen LogP) is 4.89. The van der Waals surface area contributed by atoms with E-state index in [2.05, 4.69) is 12.2 Å². The first-order valence-electron chi connectivity index (χ1n) is 6.35. The van der Waals surface area contributed by atoms with E-state index in [1.165, 1.54) is 31.4 Å². The van der Waals surface area contributed by atoms with E-state index in [1.54, 1.807) is 0 Å². The molecule has 1 saturated carbocycles. The van der Waals surface area contributed by atoms with Gasteiger partial charge in [-0.25, -0.2) is 0 Å². The Kier molecular flexibility index (Phi) is 4.21. The van der Waals surface area contributed by atoms with E-state index in [0.717, 1.165) is 13.0 Å². The van der Waals surface area contributed by atoms with Crippen molar-refractivity contribution < 1.29 is 4.92 Å². The largest absolute Gasteiger partial charge is 0.379 e. The fraction of sp³-hybridized carbons (Fsp3) is 0.538. The summed E-state index contributed by atoms with van der Waals surface area (Å²) in [5.41, 5.74) is 0.694. The average molecular weight is 303 g/mol. The first kappa shape index (κ1) is 14.4.